The predicted octanol–water partition coefficient (Wildman–Crippen LogP) is 6.00. The molecule has 148 valence electrons. The molecule has 1 atom stereocenters. The number of hydrogen-bond donors (Lipinski definition) is 2. The molecule has 0 saturated heterocycles. The number of hydrogen-bond acceptors (Lipinski definition) is 5. The van der Waals surface area contributed by atoms with E-state index in [2.05, 4.69) is 25.3 Å². The van der Waals surface area contributed by atoms with E-state index in [0.717, 1.165) is 10.9 Å². The van der Waals surface area contributed by atoms with Crippen molar-refractivity contribution in [1.29, 1.82) is 0 Å². The summed E-state index contributed by atoms with van der Waals surface area (Å²) in [6, 6.07) is 20.0. The summed E-state index contributed by atoms with van der Waals surface area (Å²) in [7, 11) is 0. The van der Waals surface area contributed by atoms with Gasteiger partial charge in [0, 0.05) is 32.8 Å². The molecule has 2 N–H and O–H groups in total. The van der Waals surface area contributed by atoms with Gasteiger partial charge in [-0.2, -0.15) is 0 Å². The van der Waals surface area contributed by atoms with E-state index in [1.54, 1.807) is 24.4 Å². The number of phenolic OH excluding ortho intramolecular Hbond substituents is 1. The molecule has 0 amide bonds. The van der Waals surface area contributed by atoms with Gasteiger partial charge in [-0.3, -0.25) is 0 Å². The minimum atomic E-state index is -0.385. The molecule has 0 aliphatic rings. The molecular weight excluding hydrogens is 400 g/mol. The van der Waals surface area contributed by atoms with Gasteiger partial charge in [0.05, 0.1) is 12.6 Å². The second-order valence-electron chi connectivity index (χ2n) is 6.61. The molecule has 1 unspecified atom stereocenters. The molecule has 0 bridgehead atoms. The summed E-state index contributed by atoms with van der Waals surface area (Å²) in [4.78, 5) is 11.6. The summed E-state index contributed by atoms with van der Waals surface area (Å²) >= 11 is 6.06. The molecule has 0 fully saturated rings. The van der Waals surface area contributed by atoms with Crippen LogP contribution in [-0.4, -0.2) is 15.1 Å². The van der Waals surface area contributed by atoms with Gasteiger partial charge in [0.1, 0.15) is 17.1 Å². The number of nitrogens with zero attached hydrogens (tertiary/aromatic N) is 5. The van der Waals surface area contributed by atoms with Gasteiger partial charge in [-0.1, -0.05) is 53.1 Å². The van der Waals surface area contributed by atoms with Gasteiger partial charge in [0.2, 0.25) is 0 Å². The zero-order valence-electron chi connectivity index (χ0n) is 15.8. The lowest BCUT2D eigenvalue weighted by Gasteiger charge is -2.22. The Hall–Kier alpha value is -3.80. The molecule has 4 rings (SSSR count). The number of rotatable bonds is 6. The SMILES string of the molecule is [N-]=[N+]=NCc1ccc2ccc(C(Nc3ccccn3)c3ccc(Cl)cc3)c(O)c2n1. The van der Waals surface area contributed by atoms with Crippen LogP contribution >= 0.6 is 11.6 Å². The van der Waals surface area contributed by atoms with Crippen molar-refractivity contribution in [1.82, 2.24) is 9.97 Å². The fraction of sp³-hybridized carbons (Fsp3) is 0.0909. The fourth-order valence-corrected chi connectivity index (χ4v) is 3.37. The molecule has 2 aromatic carbocycles. The highest BCUT2D eigenvalue weighted by atomic mass is 35.5. The summed E-state index contributed by atoms with van der Waals surface area (Å²) in [6.07, 6.45) is 1.70. The van der Waals surface area contributed by atoms with Gasteiger partial charge in [-0.05, 0) is 41.4 Å². The third kappa shape index (κ3) is 4.12. The second-order valence-corrected chi connectivity index (χ2v) is 7.05. The van der Waals surface area contributed by atoms with Crippen molar-refractivity contribution in [3.05, 3.63) is 105 Å². The van der Waals surface area contributed by atoms with Gasteiger partial charge in [-0.25, -0.2) is 9.97 Å². The standard InChI is InChI=1S/C22H17ClN6O/c23-16-8-4-14(5-9-16)20(28-19-3-1-2-12-25-19)18-11-7-15-6-10-17(13-26-29-24)27-21(15)22(18)30/h1-12,20,30H,13H2,(H,25,28). The number of aromatic hydroxyl groups is 1. The first-order valence-corrected chi connectivity index (χ1v) is 9.59. The van der Waals surface area contributed by atoms with Crippen LogP contribution in [0.15, 0.2) is 78.0 Å². The Morgan fingerprint density at radius 3 is 2.60 bits per heavy atom. The maximum absolute atomic E-state index is 11.1. The number of phenols is 1. The highest BCUT2D eigenvalue weighted by Gasteiger charge is 2.20. The van der Waals surface area contributed by atoms with Crippen LogP contribution < -0.4 is 5.32 Å². The zero-order chi connectivity index (χ0) is 20.9. The fourth-order valence-electron chi connectivity index (χ4n) is 3.25. The van der Waals surface area contributed by atoms with Crippen molar-refractivity contribution in [2.45, 2.75) is 12.6 Å². The zero-order valence-corrected chi connectivity index (χ0v) is 16.5. The van der Waals surface area contributed by atoms with Crippen LogP contribution in [0.2, 0.25) is 5.02 Å². The predicted molar refractivity (Wildman–Crippen MR) is 117 cm³/mol. The topological polar surface area (TPSA) is 107 Å². The van der Waals surface area contributed by atoms with E-state index in [1.165, 1.54) is 0 Å². The van der Waals surface area contributed by atoms with E-state index in [9.17, 15) is 5.11 Å². The molecule has 30 heavy (non-hydrogen) atoms. The number of anilines is 1. The third-order valence-corrected chi connectivity index (χ3v) is 4.94. The molecular formula is C22H17ClN6O. The summed E-state index contributed by atoms with van der Waals surface area (Å²) in [5.74, 6) is 0.723. The average Bonchev–Trinajstić information content (AvgIpc) is 2.78. The molecule has 4 aromatic rings. The first-order chi connectivity index (χ1) is 14.7. The van der Waals surface area contributed by atoms with Crippen LogP contribution in [0.25, 0.3) is 21.3 Å². The molecule has 7 nitrogen and oxygen atoms in total. The summed E-state index contributed by atoms with van der Waals surface area (Å²) in [5, 5.41) is 19.5. The van der Waals surface area contributed by atoms with Crippen LogP contribution in [0.3, 0.4) is 0 Å². The number of benzene rings is 2. The van der Waals surface area contributed by atoms with Crippen LogP contribution in [0.4, 0.5) is 5.82 Å². The maximum atomic E-state index is 11.1. The molecule has 8 heteroatoms. The lowest BCUT2D eigenvalue weighted by molar-refractivity contribution is 0.471. The molecule has 0 saturated carbocycles. The minimum Gasteiger partial charge on any atom is -0.505 e. The lowest BCUT2D eigenvalue weighted by atomic mass is 9.96. The number of azide groups is 1. The minimum absolute atomic E-state index is 0.0543. The molecule has 0 radical (unpaired) electrons. The molecule has 0 aliphatic carbocycles. The van der Waals surface area contributed by atoms with Gasteiger partial charge in [0.15, 0.2) is 0 Å². The van der Waals surface area contributed by atoms with E-state index in [1.807, 2.05) is 48.5 Å². The Morgan fingerprint density at radius 2 is 1.87 bits per heavy atom. The van der Waals surface area contributed by atoms with E-state index in [4.69, 9.17) is 17.1 Å². The quantitative estimate of drug-likeness (QED) is 0.228. The monoisotopic (exact) mass is 416 g/mol. The molecule has 2 aromatic heterocycles. The maximum Gasteiger partial charge on any atom is 0.147 e. The number of pyridine rings is 2. The Morgan fingerprint density at radius 1 is 1.07 bits per heavy atom. The van der Waals surface area contributed by atoms with E-state index < -0.39 is 0 Å². The second kappa shape index (κ2) is 8.69. The Bertz CT molecular complexity index is 1220. The molecule has 0 spiro atoms. The molecule has 0 aliphatic heterocycles. The normalized spacial score (nSPS) is 11.6. The van der Waals surface area contributed by atoms with Crippen LogP contribution in [0.5, 0.6) is 5.75 Å². The van der Waals surface area contributed by atoms with Gasteiger partial charge >= 0.3 is 0 Å². The lowest BCUT2D eigenvalue weighted by Crippen LogP contribution is -2.13. The van der Waals surface area contributed by atoms with Crippen molar-refractivity contribution in [3.8, 4) is 5.75 Å². The smallest absolute Gasteiger partial charge is 0.147 e. The molecule has 2 heterocycles. The van der Waals surface area contributed by atoms with Crippen molar-refractivity contribution in [2.75, 3.05) is 5.32 Å². The number of aromatic nitrogens is 2. The Labute approximate surface area is 177 Å². The first kappa shape index (κ1) is 19.5. The van der Waals surface area contributed by atoms with Crippen molar-refractivity contribution in [3.63, 3.8) is 0 Å². The van der Waals surface area contributed by atoms with E-state index >= 15 is 0 Å². The highest BCUT2D eigenvalue weighted by molar-refractivity contribution is 6.30. The highest BCUT2D eigenvalue weighted by Crippen LogP contribution is 2.36. The van der Waals surface area contributed by atoms with Gasteiger partial charge in [-0.15, -0.1) is 0 Å². The van der Waals surface area contributed by atoms with Gasteiger partial charge < -0.3 is 10.4 Å². The number of halogens is 1. The Kier molecular flexibility index (Phi) is 5.66. The summed E-state index contributed by atoms with van der Waals surface area (Å²) in [6.45, 7) is 0.114. The van der Waals surface area contributed by atoms with Gasteiger partial charge in [0.25, 0.3) is 0 Å². The van der Waals surface area contributed by atoms with E-state index in [-0.39, 0.29) is 18.3 Å². The van der Waals surface area contributed by atoms with E-state index in [0.29, 0.717) is 27.6 Å². The first-order valence-electron chi connectivity index (χ1n) is 9.21. The van der Waals surface area contributed by atoms with Crippen molar-refractivity contribution < 1.29 is 5.11 Å². The Balaban J connectivity index is 1.83. The largest absolute Gasteiger partial charge is 0.505 e. The summed E-state index contributed by atoms with van der Waals surface area (Å²) < 4.78 is 0. The third-order valence-electron chi connectivity index (χ3n) is 4.69. The van der Waals surface area contributed by atoms with Crippen LogP contribution in [-0.2, 0) is 6.54 Å². The number of fused-ring (bicyclic) bond motifs is 1. The van der Waals surface area contributed by atoms with Crippen molar-refractivity contribution >= 4 is 28.3 Å². The number of nitrogens with one attached hydrogen (secondary N) is 1. The van der Waals surface area contributed by atoms with Crippen molar-refractivity contribution in [2.24, 2.45) is 5.11 Å². The summed E-state index contributed by atoms with van der Waals surface area (Å²) in [5.41, 5.74) is 11.1. The van der Waals surface area contributed by atoms with Crippen LogP contribution in [0, 0.1) is 0 Å². The van der Waals surface area contributed by atoms with Crippen LogP contribution in [0.1, 0.15) is 22.9 Å². The average molecular weight is 417 g/mol.